The van der Waals surface area contributed by atoms with Crippen LogP contribution in [0.4, 0.5) is 0 Å². The van der Waals surface area contributed by atoms with Gasteiger partial charge in [-0.25, -0.2) is 4.79 Å². The molecule has 0 aromatic carbocycles. The van der Waals surface area contributed by atoms with Crippen molar-refractivity contribution in [3.8, 4) is 0 Å². The average Bonchev–Trinajstić information content (AvgIpc) is 2.24. The Hall–Kier alpha value is -1.95. The van der Waals surface area contributed by atoms with Crippen molar-refractivity contribution in [3.63, 3.8) is 0 Å². The minimum atomic E-state index is -0.997. The van der Waals surface area contributed by atoms with Crippen LogP contribution in [0.2, 0.25) is 0 Å². The third-order valence-corrected chi connectivity index (χ3v) is 2.66. The largest absolute Gasteiger partial charge is 0.478 e. The highest BCUT2D eigenvalue weighted by Gasteiger charge is 2.24. The standard InChI is InChI=1S/C11H13N3O3/c15-10(8-4-12-5-8)14-6-9-3-7(11(16)17)1-2-13-9/h1-3,8,12H,4-6H2,(H,14,15)(H,16,17). The van der Waals surface area contributed by atoms with Gasteiger partial charge in [0.1, 0.15) is 0 Å². The van der Waals surface area contributed by atoms with E-state index >= 15 is 0 Å². The number of hydrogen-bond acceptors (Lipinski definition) is 4. The number of nitrogens with zero attached hydrogens (tertiary/aromatic N) is 1. The molecule has 1 aliphatic rings. The molecular formula is C11H13N3O3. The van der Waals surface area contributed by atoms with E-state index in [4.69, 9.17) is 5.11 Å². The van der Waals surface area contributed by atoms with Gasteiger partial charge in [0.05, 0.1) is 23.7 Å². The quantitative estimate of drug-likeness (QED) is 0.661. The summed E-state index contributed by atoms with van der Waals surface area (Å²) in [4.78, 5) is 26.3. The zero-order valence-electron chi connectivity index (χ0n) is 9.14. The molecule has 0 aliphatic carbocycles. The van der Waals surface area contributed by atoms with Gasteiger partial charge in [-0.3, -0.25) is 9.78 Å². The highest BCUT2D eigenvalue weighted by molar-refractivity contribution is 5.87. The van der Waals surface area contributed by atoms with Gasteiger partial charge in [-0.1, -0.05) is 0 Å². The van der Waals surface area contributed by atoms with Gasteiger partial charge < -0.3 is 15.7 Å². The number of hydrogen-bond donors (Lipinski definition) is 3. The molecule has 3 N–H and O–H groups in total. The van der Waals surface area contributed by atoms with Gasteiger partial charge in [-0.2, -0.15) is 0 Å². The molecule has 1 fully saturated rings. The molecule has 0 unspecified atom stereocenters. The Bertz CT molecular complexity index is 443. The molecule has 1 aromatic rings. The number of carboxylic acid groups (broad SMARTS) is 1. The van der Waals surface area contributed by atoms with E-state index in [1.807, 2.05) is 0 Å². The normalized spacial score (nSPS) is 15.1. The van der Waals surface area contributed by atoms with Crippen molar-refractivity contribution in [3.05, 3.63) is 29.6 Å². The molecule has 0 radical (unpaired) electrons. The Morgan fingerprint density at radius 2 is 2.29 bits per heavy atom. The number of carboxylic acids is 1. The SMILES string of the molecule is O=C(O)c1ccnc(CNC(=O)C2CNC2)c1. The zero-order chi connectivity index (χ0) is 12.3. The van der Waals surface area contributed by atoms with Gasteiger partial charge >= 0.3 is 5.97 Å². The van der Waals surface area contributed by atoms with Gasteiger partial charge in [0.15, 0.2) is 0 Å². The van der Waals surface area contributed by atoms with Crippen molar-refractivity contribution in [1.29, 1.82) is 0 Å². The fourth-order valence-electron chi connectivity index (χ4n) is 1.50. The summed E-state index contributed by atoms with van der Waals surface area (Å²) in [5.41, 5.74) is 0.722. The number of aromatic nitrogens is 1. The summed E-state index contributed by atoms with van der Waals surface area (Å²) in [6, 6.07) is 2.88. The van der Waals surface area contributed by atoms with Crippen LogP contribution in [-0.2, 0) is 11.3 Å². The molecular weight excluding hydrogens is 222 g/mol. The number of carbonyl (C=O) groups is 2. The number of carbonyl (C=O) groups excluding carboxylic acids is 1. The second kappa shape index (κ2) is 4.92. The molecule has 90 valence electrons. The van der Waals surface area contributed by atoms with Gasteiger partial charge in [0.2, 0.25) is 5.91 Å². The van der Waals surface area contributed by atoms with E-state index in [1.165, 1.54) is 18.3 Å². The predicted octanol–water partition coefficient (Wildman–Crippen LogP) is -0.385. The molecule has 0 atom stereocenters. The van der Waals surface area contributed by atoms with Crippen LogP contribution < -0.4 is 10.6 Å². The number of nitrogens with one attached hydrogen (secondary N) is 2. The zero-order valence-corrected chi connectivity index (χ0v) is 9.14. The van der Waals surface area contributed by atoms with Crippen LogP contribution in [0.1, 0.15) is 16.1 Å². The van der Waals surface area contributed by atoms with Crippen molar-refractivity contribution in [2.75, 3.05) is 13.1 Å². The fourth-order valence-corrected chi connectivity index (χ4v) is 1.50. The molecule has 2 heterocycles. The maximum absolute atomic E-state index is 11.5. The van der Waals surface area contributed by atoms with Crippen LogP contribution in [0.25, 0.3) is 0 Å². The van der Waals surface area contributed by atoms with Crippen LogP contribution >= 0.6 is 0 Å². The van der Waals surface area contributed by atoms with Crippen molar-refractivity contribution < 1.29 is 14.7 Å². The van der Waals surface area contributed by atoms with E-state index in [-0.39, 0.29) is 23.9 Å². The van der Waals surface area contributed by atoms with Gasteiger partial charge in [-0.05, 0) is 12.1 Å². The first-order valence-electron chi connectivity index (χ1n) is 5.33. The Morgan fingerprint density at radius 1 is 1.53 bits per heavy atom. The lowest BCUT2D eigenvalue weighted by molar-refractivity contribution is -0.126. The van der Waals surface area contributed by atoms with Crippen molar-refractivity contribution in [1.82, 2.24) is 15.6 Å². The lowest BCUT2D eigenvalue weighted by Crippen LogP contribution is -2.50. The summed E-state index contributed by atoms with van der Waals surface area (Å²) >= 11 is 0. The molecule has 0 saturated carbocycles. The molecule has 2 rings (SSSR count). The van der Waals surface area contributed by atoms with Crippen LogP contribution in [-0.4, -0.2) is 35.1 Å². The number of pyridine rings is 1. The first-order chi connectivity index (χ1) is 8.16. The molecule has 0 bridgehead atoms. The molecule has 1 aliphatic heterocycles. The lowest BCUT2D eigenvalue weighted by atomic mass is 10.0. The van der Waals surface area contributed by atoms with Gasteiger partial charge in [-0.15, -0.1) is 0 Å². The summed E-state index contributed by atoms with van der Waals surface area (Å²) in [7, 11) is 0. The van der Waals surface area contributed by atoms with E-state index in [0.29, 0.717) is 18.8 Å². The Balaban J connectivity index is 1.91. The maximum Gasteiger partial charge on any atom is 0.335 e. The van der Waals surface area contributed by atoms with E-state index < -0.39 is 5.97 Å². The van der Waals surface area contributed by atoms with Crippen LogP contribution in [0, 0.1) is 5.92 Å². The fraction of sp³-hybridized carbons (Fsp3) is 0.364. The van der Waals surface area contributed by atoms with Gasteiger partial charge in [0, 0.05) is 19.3 Å². The first kappa shape index (κ1) is 11.5. The predicted molar refractivity (Wildman–Crippen MR) is 59.4 cm³/mol. The Kier molecular flexibility index (Phi) is 3.34. The summed E-state index contributed by atoms with van der Waals surface area (Å²) in [6.45, 7) is 1.67. The number of rotatable bonds is 4. The third-order valence-electron chi connectivity index (χ3n) is 2.66. The molecule has 6 nitrogen and oxygen atoms in total. The van der Waals surface area contributed by atoms with Crippen molar-refractivity contribution in [2.24, 2.45) is 5.92 Å². The monoisotopic (exact) mass is 235 g/mol. The van der Waals surface area contributed by atoms with Gasteiger partial charge in [0.25, 0.3) is 0 Å². The third kappa shape index (κ3) is 2.79. The van der Waals surface area contributed by atoms with E-state index in [9.17, 15) is 9.59 Å². The highest BCUT2D eigenvalue weighted by atomic mass is 16.4. The summed E-state index contributed by atoms with van der Waals surface area (Å²) in [5.74, 6) is -0.993. The molecule has 17 heavy (non-hydrogen) atoms. The van der Waals surface area contributed by atoms with E-state index in [0.717, 1.165) is 0 Å². The highest BCUT2D eigenvalue weighted by Crippen LogP contribution is 2.04. The van der Waals surface area contributed by atoms with Crippen LogP contribution in [0.15, 0.2) is 18.3 Å². The Labute approximate surface area is 98.1 Å². The Morgan fingerprint density at radius 3 is 2.88 bits per heavy atom. The van der Waals surface area contributed by atoms with E-state index in [2.05, 4.69) is 15.6 Å². The van der Waals surface area contributed by atoms with E-state index in [1.54, 1.807) is 0 Å². The second-order valence-electron chi connectivity index (χ2n) is 3.91. The second-order valence-corrected chi connectivity index (χ2v) is 3.91. The summed E-state index contributed by atoms with van der Waals surface area (Å²) in [5, 5.41) is 14.5. The van der Waals surface area contributed by atoms with Crippen LogP contribution in [0.5, 0.6) is 0 Å². The smallest absolute Gasteiger partial charge is 0.335 e. The molecule has 1 aromatic heterocycles. The number of amides is 1. The minimum Gasteiger partial charge on any atom is -0.478 e. The molecule has 0 spiro atoms. The first-order valence-corrected chi connectivity index (χ1v) is 5.33. The maximum atomic E-state index is 11.5. The topological polar surface area (TPSA) is 91.3 Å². The summed E-state index contributed by atoms with van der Waals surface area (Å²) in [6.07, 6.45) is 1.43. The summed E-state index contributed by atoms with van der Waals surface area (Å²) < 4.78 is 0. The molecule has 6 heteroatoms. The van der Waals surface area contributed by atoms with Crippen LogP contribution in [0.3, 0.4) is 0 Å². The number of aromatic carboxylic acids is 1. The molecule has 1 amide bonds. The van der Waals surface area contributed by atoms with Crippen molar-refractivity contribution >= 4 is 11.9 Å². The lowest BCUT2D eigenvalue weighted by Gasteiger charge is -2.25. The minimum absolute atomic E-state index is 0.0220. The average molecular weight is 235 g/mol. The van der Waals surface area contributed by atoms with Crippen molar-refractivity contribution in [2.45, 2.75) is 6.54 Å². The molecule has 1 saturated heterocycles.